The highest BCUT2D eigenvalue weighted by molar-refractivity contribution is 6.02. The van der Waals surface area contributed by atoms with Crippen LogP contribution in [0.1, 0.15) is 38.2 Å². The number of amides is 1. The quantitative estimate of drug-likeness (QED) is 0.747. The molecule has 0 radical (unpaired) electrons. The van der Waals surface area contributed by atoms with Crippen LogP contribution in [0.2, 0.25) is 0 Å². The molecular formula is C20H24F2N2O5. The Labute approximate surface area is 167 Å². The van der Waals surface area contributed by atoms with E-state index >= 15 is 0 Å². The number of likely N-dealkylation sites (tertiary alicyclic amines) is 1. The smallest absolute Gasteiger partial charge is 0.387 e. The fraction of sp³-hybridized carbons (Fsp3) is 0.600. The molecule has 1 unspecified atom stereocenters. The van der Waals surface area contributed by atoms with Crippen molar-refractivity contribution in [3.8, 4) is 11.5 Å². The number of hydrogen-bond acceptors (Lipinski definition) is 6. The van der Waals surface area contributed by atoms with Crippen molar-refractivity contribution in [2.24, 2.45) is 5.16 Å². The molecule has 0 N–H and O–H groups in total. The average molecular weight is 410 g/mol. The molecule has 0 aliphatic carbocycles. The fourth-order valence-corrected chi connectivity index (χ4v) is 3.92. The van der Waals surface area contributed by atoms with Crippen LogP contribution in [0.5, 0.6) is 11.5 Å². The van der Waals surface area contributed by atoms with Crippen LogP contribution in [0.15, 0.2) is 23.4 Å². The minimum Gasteiger partial charge on any atom is -0.486 e. The van der Waals surface area contributed by atoms with Gasteiger partial charge in [0.25, 0.3) is 0 Å². The number of carbonyl (C=O) groups excluding carboxylic acids is 1. The molecule has 1 amide bonds. The van der Waals surface area contributed by atoms with Gasteiger partial charge in [-0.15, -0.1) is 0 Å². The van der Waals surface area contributed by atoms with E-state index in [1.165, 1.54) is 13.0 Å². The highest BCUT2D eigenvalue weighted by Crippen LogP contribution is 2.37. The van der Waals surface area contributed by atoms with Gasteiger partial charge in [0, 0.05) is 51.3 Å². The first kappa shape index (κ1) is 19.9. The van der Waals surface area contributed by atoms with Crippen LogP contribution in [0.3, 0.4) is 0 Å². The first-order valence-electron chi connectivity index (χ1n) is 9.78. The number of oxime groups is 1. The number of ether oxygens (including phenoxy) is 3. The summed E-state index contributed by atoms with van der Waals surface area (Å²) in [6.45, 7) is 0.865. The molecule has 4 rings (SSSR count). The third-order valence-electron chi connectivity index (χ3n) is 5.58. The molecule has 7 nitrogen and oxygen atoms in total. The molecule has 1 aromatic rings. The third-order valence-corrected chi connectivity index (χ3v) is 5.58. The van der Waals surface area contributed by atoms with Gasteiger partial charge in [0.15, 0.2) is 17.1 Å². The number of rotatable bonds is 5. The molecule has 1 aromatic carbocycles. The summed E-state index contributed by atoms with van der Waals surface area (Å²) < 4.78 is 41.8. The number of piperidine rings is 1. The summed E-state index contributed by atoms with van der Waals surface area (Å²) in [7, 11) is 0. The lowest BCUT2D eigenvalue weighted by Crippen LogP contribution is -2.40. The van der Waals surface area contributed by atoms with E-state index in [-0.39, 0.29) is 23.5 Å². The molecular weight excluding hydrogens is 386 g/mol. The van der Waals surface area contributed by atoms with Crippen molar-refractivity contribution in [1.82, 2.24) is 4.90 Å². The molecule has 3 heterocycles. The fourth-order valence-electron chi connectivity index (χ4n) is 3.92. The molecule has 3 aliphatic rings. The van der Waals surface area contributed by atoms with Gasteiger partial charge in [0.1, 0.15) is 6.10 Å². The average Bonchev–Trinajstić information content (AvgIpc) is 3.33. The number of hydrogen-bond donors (Lipinski definition) is 0. The molecule has 0 aromatic heterocycles. The maximum Gasteiger partial charge on any atom is 0.387 e. The molecule has 158 valence electrons. The topological polar surface area (TPSA) is 69.6 Å². The highest BCUT2D eigenvalue weighted by Gasteiger charge is 2.43. The van der Waals surface area contributed by atoms with Crippen molar-refractivity contribution in [2.75, 3.05) is 26.3 Å². The summed E-state index contributed by atoms with van der Waals surface area (Å²) >= 11 is 0. The Balaban J connectivity index is 1.50. The second kappa shape index (κ2) is 8.14. The Morgan fingerprint density at radius 3 is 2.76 bits per heavy atom. The van der Waals surface area contributed by atoms with Crippen LogP contribution in [-0.2, 0) is 14.4 Å². The van der Waals surface area contributed by atoms with Gasteiger partial charge >= 0.3 is 6.61 Å². The van der Waals surface area contributed by atoms with E-state index in [2.05, 4.69) is 9.89 Å². The zero-order valence-electron chi connectivity index (χ0n) is 16.2. The summed E-state index contributed by atoms with van der Waals surface area (Å²) in [6, 6.07) is 4.83. The van der Waals surface area contributed by atoms with Crippen LogP contribution in [0.4, 0.5) is 8.78 Å². The monoisotopic (exact) mass is 410 g/mol. The molecule has 1 atom stereocenters. The van der Waals surface area contributed by atoms with Gasteiger partial charge in [-0.1, -0.05) is 5.16 Å². The van der Waals surface area contributed by atoms with E-state index in [0.717, 1.165) is 17.7 Å². The summed E-state index contributed by atoms with van der Waals surface area (Å²) in [4.78, 5) is 18.9. The summed E-state index contributed by atoms with van der Waals surface area (Å²) in [5, 5.41) is 4.20. The van der Waals surface area contributed by atoms with Crippen molar-refractivity contribution in [3.05, 3.63) is 23.8 Å². The van der Waals surface area contributed by atoms with E-state index in [9.17, 15) is 13.6 Å². The molecule has 3 aliphatic heterocycles. The number of carbonyl (C=O) groups is 1. The first-order chi connectivity index (χ1) is 13.9. The van der Waals surface area contributed by atoms with Crippen LogP contribution in [0, 0.1) is 0 Å². The van der Waals surface area contributed by atoms with E-state index < -0.39 is 12.2 Å². The standard InChI is InChI=1S/C20H24F2N2O5/c1-13(25)24-7-4-15(5-8-24)27-18-10-14(2-3-17(18)28-19(21)22)16-11-20(29-23-16)6-9-26-12-20/h2-3,10,15,19H,4-9,11-12H2,1H3. The van der Waals surface area contributed by atoms with Crippen LogP contribution < -0.4 is 9.47 Å². The van der Waals surface area contributed by atoms with Gasteiger partial charge in [-0.3, -0.25) is 4.79 Å². The number of halogens is 2. The van der Waals surface area contributed by atoms with Crippen molar-refractivity contribution in [2.45, 2.75) is 50.9 Å². The lowest BCUT2D eigenvalue weighted by molar-refractivity contribution is -0.130. The van der Waals surface area contributed by atoms with E-state index in [4.69, 9.17) is 14.3 Å². The SMILES string of the molecule is CC(=O)N1CCC(Oc2cc(C3=NOC4(CCOC4)C3)ccc2OC(F)F)CC1. The van der Waals surface area contributed by atoms with E-state index in [1.54, 1.807) is 17.0 Å². The van der Waals surface area contributed by atoms with Gasteiger partial charge in [0.05, 0.1) is 18.9 Å². The number of alkyl halides is 2. The van der Waals surface area contributed by atoms with Crippen molar-refractivity contribution >= 4 is 11.6 Å². The summed E-state index contributed by atoms with van der Waals surface area (Å²) in [5.74, 6) is 0.253. The van der Waals surface area contributed by atoms with Crippen LogP contribution in [-0.4, -0.2) is 61.1 Å². The Hall–Kier alpha value is -2.42. The minimum atomic E-state index is -2.95. The molecule has 2 saturated heterocycles. The number of nitrogens with zero attached hydrogens (tertiary/aromatic N) is 2. The number of benzene rings is 1. The molecule has 1 spiro atoms. The summed E-state index contributed by atoms with van der Waals surface area (Å²) in [6.07, 6.45) is 2.44. The zero-order valence-corrected chi connectivity index (χ0v) is 16.2. The third kappa shape index (κ3) is 4.44. The minimum absolute atomic E-state index is 0.0174. The molecule has 2 fully saturated rings. The maximum atomic E-state index is 12.8. The van der Waals surface area contributed by atoms with Gasteiger partial charge in [-0.25, -0.2) is 0 Å². The zero-order chi connectivity index (χ0) is 20.4. The second-order valence-electron chi connectivity index (χ2n) is 7.65. The first-order valence-corrected chi connectivity index (χ1v) is 9.78. The Bertz CT molecular complexity index is 787. The summed E-state index contributed by atoms with van der Waals surface area (Å²) in [5.41, 5.74) is 1.05. The van der Waals surface area contributed by atoms with Gasteiger partial charge < -0.3 is 23.9 Å². The highest BCUT2D eigenvalue weighted by atomic mass is 19.3. The van der Waals surface area contributed by atoms with E-state index in [0.29, 0.717) is 45.6 Å². The Morgan fingerprint density at radius 2 is 2.10 bits per heavy atom. The largest absolute Gasteiger partial charge is 0.486 e. The van der Waals surface area contributed by atoms with Crippen molar-refractivity contribution in [3.63, 3.8) is 0 Å². The van der Waals surface area contributed by atoms with Gasteiger partial charge in [-0.05, 0) is 18.2 Å². The van der Waals surface area contributed by atoms with Crippen molar-refractivity contribution < 1.29 is 32.6 Å². The lowest BCUT2D eigenvalue weighted by Gasteiger charge is -2.31. The molecule has 9 heteroatoms. The predicted molar refractivity (Wildman–Crippen MR) is 99.4 cm³/mol. The Kier molecular flexibility index (Phi) is 5.58. The normalized spacial score (nSPS) is 24.7. The Morgan fingerprint density at radius 1 is 1.31 bits per heavy atom. The molecule has 0 saturated carbocycles. The maximum absolute atomic E-state index is 12.8. The van der Waals surface area contributed by atoms with E-state index in [1.807, 2.05) is 0 Å². The predicted octanol–water partition coefficient (Wildman–Crippen LogP) is 2.96. The van der Waals surface area contributed by atoms with Crippen LogP contribution >= 0.6 is 0 Å². The lowest BCUT2D eigenvalue weighted by atomic mass is 9.93. The molecule has 0 bridgehead atoms. The van der Waals surface area contributed by atoms with Crippen LogP contribution in [0.25, 0.3) is 0 Å². The van der Waals surface area contributed by atoms with Crippen molar-refractivity contribution in [1.29, 1.82) is 0 Å². The van der Waals surface area contributed by atoms with Gasteiger partial charge in [-0.2, -0.15) is 8.78 Å². The van der Waals surface area contributed by atoms with Gasteiger partial charge in [0.2, 0.25) is 5.91 Å². The molecule has 29 heavy (non-hydrogen) atoms. The second-order valence-corrected chi connectivity index (χ2v) is 7.65.